The molecule has 0 aliphatic carbocycles. The molecule has 1 amide bonds. The molecule has 1 fully saturated rings. The molecule has 2 aromatic rings. The van der Waals surface area contributed by atoms with E-state index < -0.39 is 10.0 Å². The maximum atomic E-state index is 13.2. The van der Waals surface area contributed by atoms with Gasteiger partial charge in [0.25, 0.3) is 5.91 Å². The van der Waals surface area contributed by atoms with Gasteiger partial charge in [0, 0.05) is 44.9 Å². The quantitative estimate of drug-likeness (QED) is 0.707. The van der Waals surface area contributed by atoms with E-state index in [0.717, 1.165) is 0 Å². The number of aromatic nitrogens is 2. The minimum atomic E-state index is -3.69. The smallest absolute Gasteiger partial charge is 0.254 e. The van der Waals surface area contributed by atoms with Crippen molar-refractivity contribution < 1.29 is 22.7 Å². The molecule has 0 atom stereocenters. The van der Waals surface area contributed by atoms with Crippen LogP contribution in [0.5, 0.6) is 11.5 Å². The van der Waals surface area contributed by atoms with E-state index in [1.807, 2.05) is 0 Å². The molecule has 0 saturated carbocycles. The van der Waals surface area contributed by atoms with Gasteiger partial charge in [-0.15, -0.1) is 0 Å². The van der Waals surface area contributed by atoms with Crippen molar-refractivity contribution in [3.63, 3.8) is 0 Å². The summed E-state index contributed by atoms with van der Waals surface area (Å²) in [5.74, 6) is 0.874. The molecule has 0 unspecified atom stereocenters. The molecule has 10 heteroatoms. The van der Waals surface area contributed by atoms with Crippen molar-refractivity contribution in [1.82, 2.24) is 19.0 Å². The van der Waals surface area contributed by atoms with E-state index in [2.05, 4.69) is 5.10 Å². The van der Waals surface area contributed by atoms with Crippen molar-refractivity contribution in [2.75, 3.05) is 40.4 Å². The summed E-state index contributed by atoms with van der Waals surface area (Å²) in [6.07, 6.45) is 0.546. The number of amides is 1. The molecule has 0 N–H and O–H groups in total. The fraction of sp³-hybridized carbons (Fsp3) is 0.500. The third-order valence-electron chi connectivity index (χ3n) is 5.38. The summed E-state index contributed by atoms with van der Waals surface area (Å²) < 4.78 is 40.0. The maximum Gasteiger partial charge on any atom is 0.254 e. The van der Waals surface area contributed by atoms with E-state index in [9.17, 15) is 13.2 Å². The number of benzene rings is 1. The van der Waals surface area contributed by atoms with Crippen LogP contribution in [0.15, 0.2) is 23.1 Å². The molecule has 9 nitrogen and oxygen atoms in total. The summed E-state index contributed by atoms with van der Waals surface area (Å²) >= 11 is 0. The number of sulfonamides is 1. The van der Waals surface area contributed by atoms with Crippen LogP contribution in [0, 0.1) is 13.8 Å². The van der Waals surface area contributed by atoms with Gasteiger partial charge >= 0.3 is 0 Å². The number of carbonyl (C=O) groups excluding carboxylic acids is 1. The Balaban J connectivity index is 1.80. The Kier molecular flexibility index (Phi) is 6.37. The molecule has 1 aromatic carbocycles. The summed E-state index contributed by atoms with van der Waals surface area (Å²) in [5, 5.41) is 4.23. The van der Waals surface area contributed by atoms with Gasteiger partial charge in [-0.3, -0.25) is 9.48 Å². The van der Waals surface area contributed by atoms with Crippen molar-refractivity contribution in [1.29, 1.82) is 0 Å². The lowest BCUT2D eigenvalue weighted by atomic mass is 10.1. The van der Waals surface area contributed by atoms with Gasteiger partial charge in [-0.05, 0) is 32.4 Å². The number of hydrogen-bond acceptors (Lipinski definition) is 6. The first-order chi connectivity index (χ1) is 14.2. The van der Waals surface area contributed by atoms with Crippen LogP contribution in [0.4, 0.5) is 0 Å². The Morgan fingerprint density at radius 2 is 1.63 bits per heavy atom. The van der Waals surface area contributed by atoms with Crippen LogP contribution in [0.1, 0.15) is 28.2 Å². The molecule has 30 heavy (non-hydrogen) atoms. The van der Waals surface area contributed by atoms with Gasteiger partial charge in [0.05, 0.1) is 25.6 Å². The van der Waals surface area contributed by atoms with Crippen LogP contribution in [0.2, 0.25) is 0 Å². The lowest BCUT2D eigenvalue weighted by Crippen LogP contribution is -2.37. The van der Waals surface area contributed by atoms with E-state index in [4.69, 9.17) is 9.47 Å². The number of ether oxygens (including phenoxy) is 2. The summed E-state index contributed by atoms with van der Waals surface area (Å²) in [6.45, 7) is 4.79. The second-order valence-corrected chi connectivity index (χ2v) is 9.15. The average molecular weight is 437 g/mol. The molecule has 0 radical (unpaired) electrons. The van der Waals surface area contributed by atoms with Crippen molar-refractivity contribution in [2.45, 2.75) is 25.2 Å². The second kappa shape index (κ2) is 8.65. The van der Waals surface area contributed by atoms with Gasteiger partial charge in [-0.1, -0.05) is 0 Å². The fourth-order valence-corrected chi connectivity index (χ4v) is 5.58. The highest BCUT2D eigenvalue weighted by Crippen LogP contribution is 2.26. The zero-order chi connectivity index (χ0) is 22.1. The highest BCUT2D eigenvalue weighted by atomic mass is 32.2. The number of methoxy groups -OCH3 is 2. The first kappa shape index (κ1) is 22.1. The Morgan fingerprint density at radius 1 is 1.00 bits per heavy atom. The first-order valence-electron chi connectivity index (χ1n) is 9.71. The highest BCUT2D eigenvalue weighted by Gasteiger charge is 2.32. The molecule has 2 heterocycles. The minimum Gasteiger partial charge on any atom is -0.497 e. The van der Waals surface area contributed by atoms with E-state index in [0.29, 0.717) is 54.5 Å². The molecule has 1 saturated heterocycles. The topological polar surface area (TPSA) is 94.0 Å². The lowest BCUT2D eigenvalue weighted by molar-refractivity contribution is 0.0763. The molecular formula is C20H28N4O5S. The molecule has 1 aliphatic rings. The Hall–Kier alpha value is -2.59. The normalized spacial score (nSPS) is 15.7. The maximum absolute atomic E-state index is 13.2. The standard InChI is InChI=1S/C20H28N4O5S/c1-14-19(15(2)22(3)21-14)30(26,27)24-8-6-7-23(9-10-24)20(25)16-11-17(28-4)13-18(12-16)29-5/h11-13H,6-10H2,1-5H3. The molecule has 0 spiro atoms. The molecule has 0 bridgehead atoms. The SMILES string of the molecule is COc1cc(OC)cc(C(=O)N2CCCN(S(=O)(=O)c3c(C)nn(C)c3C)CC2)c1. The number of aryl methyl sites for hydroxylation is 2. The summed E-state index contributed by atoms with van der Waals surface area (Å²) in [7, 11) is 1.10. The van der Waals surface area contributed by atoms with Gasteiger partial charge in [-0.2, -0.15) is 9.40 Å². The van der Waals surface area contributed by atoms with E-state index in [1.54, 1.807) is 48.7 Å². The third-order valence-corrected chi connectivity index (χ3v) is 7.53. The van der Waals surface area contributed by atoms with Crippen LogP contribution in [0.25, 0.3) is 0 Å². The van der Waals surface area contributed by atoms with Gasteiger partial charge < -0.3 is 14.4 Å². The monoisotopic (exact) mass is 436 g/mol. The summed E-state index contributed by atoms with van der Waals surface area (Å²) in [6, 6.07) is 5.02. The van der Waals surface area contributed by atoms with Crippen LogP contribution < -0.4 is 9.47 Å². The predicted octanol–water partition coefficient (Wildman–Crippen LogP) is 1.59. The van der Waals surface area contributed by atoms with Crippen LogP contribution in [-0.2, 0) is 17.1 Å². The van der Waals surface area contributed by atoms with Gasteiger partial charge in [0.2, 0.25) is 10.0 Å². The van der Waals surface area contributed by atoms with Gasteiger partial charge in [0.1, 0.15) is 16.4 Å². The van der Waals surface area contributed by atoms with Gasteiger partial charge in [-0.25, -0.2) is 8.42 Å². The predicted molar refractivity (Wildman–Crippen MR) is 112 cm³/mol. The van der Waals surface area contributed by atoms with Crippen molar-refractivity contribution in [2.24, 2.45) is 7.05 Å². The Labute approximate surface area is 177 Å². The van der Waals surface area contributed by atoms with Crippen molar-refractivity contribution in [3.8, 4) is 11.5 Å². The largest absolute Gasteiger partial charge is 0.497 e. The fourth-order valence-electron chi connectivity index (χ4n) is 3.71. The lowest BCUT2D eigenvalue weighted by Gasteiger charge is -2.22. The Bertz CT molecular complexity index is 1030. The van der Waals surface area contributed by atoms with Crippen LogP contribution in [-0.4, -0.2) is 73.7 Å². The number of carbonyl (C=O) groups is 1. The molecule has 1 aliphatic heterocycles. The average Bonchev–Trinajstić information content (AvgIpc) is 2.90. The molecular weight excluding hydrogens is 408 g/mol. The van der Waals surface area contributed by atoms with Crippen molar-refractivity contribution >= 4 is 15.9 Å². The number of nitrogens with zero attached hydrogens (tertiary/aromatic N) is 4. The highest BCUT2D eigenvalue weighted by molar-refractivity contribution is 7.89. The summed E-state index contributed by atoms with van der Waals surface area (Å²) in [5.41, 5.74) is 1.53. The number of hydrogen-bond donors (Lipinski definition) is 0. The van der Waals surface area contributed by atoms with E-state index in [1.165, 1.54) is 18.5 Å². The second-order valence-electron chi connectivity index (χ2n) is 7.27. The Morgan fingerprint density at radius 3 is 2.17 bits per heavy atom. The molecule has 3 rings (SSSR count). The van der Waals surface area contributed by atoms with E-state index >= 15 is 0 Å². The van der Waals surface area contributed by atoms with Crippen LogP contribution in [0.3, 0.4) is 0 Å². The first-order valence-corrected chi connectivity index (χ1v) is 11.2. The van der Waals surface area contributed by atoms with E-state index in [-0.39, 0.29) is 17.3 Å². The number of rotatable bonds is 5. The minimum absolute atomic E-state index is 0.180. The van der Waals surface area contributed by atoms with Crippen molar-refractivity contribution in [3.05, 3.63) is 35.2 Å². The zero-order valence-electron chi connectivity index (χ0n) is 18.0. The molecule has 164 valence electrons. The third kappa shape index (κ3) is 4.15. The van der Waals surface area contributed by atoms with Gasteiger partial charge in [0.15, 0.2) is 0 Å². The zero-order valence-corrected chi connectivity index (χ0v) is 18.8. The molecule has 1 aromatic heterocycles. The van der Waals surface area contributed by atoms with Crippen LogP contribution >= 0.6 is 0 Å². The summed E-state index contributed by atoms with van der Waals surface area (Å²) in [4.78, 5) is 15.0.